The molecule has 3 aliphatic rings. The fourth-order valence-corrected chi connectivity index (χ4v) is 4.41. The molecule has 0 spiro atoms. The molecular formula is C18H33N3O3. The number of nitrogens with zero attached hydrogens (tertiary/aromatic N) is 2. The van der Waals surface area contributed by atoms with E-state index < -0.39 is 0 Å². The number of nitrogens with one attached hydrogen (secondary N) is 1. The highest BCUT2D eigenvalue weighted by Crippen LogP contribution is 2.33. The molecule has 0 aromatic heterocycles. The standard InChI is InChI=1S/C18H33N3O3/c1-16-13-20(7-12-24-16)14-17(22)19-15-18(5-3-2-4-6-18)21-8-10-23-11-9-21/h16H,2-15H2,1H3,(H,19,22). The molecule has 1 amide bonds. The molecule has 24 heavy (non-hydrogen) atoms. The Hall–Kier alpha value is -0.690. The van der Waals surface area contributed by atoms with E-state index in [1.165, 1.54) is 32.1 Å². The molecule has 1 atom stereocenters. The number of rotatable bonds is 5. The average Bonchev–Trinajstić information content (AvgIpc) is 2.62. The van der Waals surface area contributed by atoms with Gasteiger partial charge in [0.05, 0.1) is 32.5 Å². The van der Waals surface area contributed by atoms with E-state index in [0.29, 0.717) is 6.54 Å². The number of ether oxygens (including phenoxy) is 2. The van der Waals surface area contributed by atoms with E-state index in [0.717, 1.165) is 52.5 Å². The van der Waals surface area contributed by atoms with Crippen molar-refractivity contribution in [3.63, 3.8) is 0 Å². The summed E-state index contributed by atoms with van der Waals surface area (Å²) >= 11 is 0. The number of amides is 1. The summed E-state index contributed by atoms with van der Waals surface area (Å²) < 4.78 is 11.1. The lowest BCUT2D eigenvalue weighted by Gasteiger charge is -2.48. The topological polar surface area (TPSA) is 54.0 Å². The zero-order valence-corrected chi connectivity index (χ0v) is 15.1. The highest BCUT2D eigenvalue weighted by molar-refractivity contribution is 5.78. The van der Waals surface area contributed by atoms with Crippen molar-refractivity contribution in [3.05, 3.63) is 0 Å². The van der Waals surface area contributed by atoms with Crippen molar-refractivity contribution in [2.75, 3.05) is 59.1 Å². The Bertz CT molecular complexity index is 406. The molecule has 0 aromatic carbocycles. The fourth-order valence-electron chi connectivity index (χ4n) is 4.41. The first-order chi connectivity index (χ1) is 11.7. The van der Waals surface area contributed by atoms with Gasteiger partial charge < -0.3 is 14.8 Å². The predicted octanol–water partition coefficient (Wildman–Crippen LogP) is 0.858. The summed E-state index contributed by atoms with van der Waals surface area (Å²) in [7, 11) is 0. The van der Waals surface area contributed by atoms with Gasteiger partial charge in [-0.2, -0.15) is 0 Å². The Morgan fingerprint density at radius 2 is 1.88 bits per heavy atom. The largest absolute Gasteiger partial charge is 0.379 e. The van der Waals surface area contributed by atoms with E-state index in [1.807, 2.05) is 0 Å². The normalized spacial score (nSPS) is 29.3. The second kappa shape index (κ2) is 8.61. The third-order valence-electron chi connectivity index (χ3n) is 5.77. The molecule has 1 saturated carbocycles. The fraction of sp³-hybridized carbons (Fsp3) is 0.944. The molecule has 2 heterocycles. The van der Waals surface area contributed by atoms with Crippen LogP contribution in [0.4, 0.5) is 0 Å². The lowest BCUT2D eigenvalue weighted by atomic mass is 9.79. The minimum Gasteiger partial charge on any atom is -0.379 e. The molecule has 2 saturated heterocycles. The summed E-state index contributed by atoms with van der Waals surface area (Å²) in [4.78, 5) is 17.2. The van der Waals surface area contributed by atoms with Gasteiger partial charge in [-0.05, 0) is 19.8 Å². The zero-order chi connectivity index (χ0) is 16.8. The molecule has 1 N–H and O–H groups in total. The van der Waals surface area contributed by atoms with Gasteiger partial charge in [-0.15, -0.1) is 0 Å². The molecule has 1 unspecified atom stereocenters. The summed E-state index contributed by atoms with van der Waals surface area (Å²) in [6.07, 6.45) is 6.49. The summed E-state index contributed by atoms with van der Waals surface area (Å²) in [6, 6.07) is 0. The van der Waals surface area contributed by atoms with Crippen LogP contribution in [0.25, 0.3) is 0 Å². The highest BCUT2D eigenvalue weighted by atomic mass is 16.5. The molecule has 6 heteroatoms. The first kappa shape index (κ1) is 18.1. The van der Waals surface area contributed by atoms with Gasteiger partial charge >= 0.3 is 0 Å². The van der Waals surface area contributed by atoms with Gasteiger partial charge in [0.1, 0.15) is 0 Å². The smallest absolute Gasteiger partial charge is 0.234 e. The third kappa shape index (κ3) is 4.69. The van der Waals surface area contributed by atoms with Crippen LogP contribution in [0, 0.1) is 0 Å². The molecule has 0 radical (unpaired) electrons. The lowest BCUT2D eigenvalue weighted by molar-refractivity contribution is -0.125. The van der Waals surface area contributed by atoms with E-state index in [1.54, 1.807) is 0 Å². The molecule has 6 nitrogen and oxygen atoms in total. The molecule has 1 aliphatic carbocycles. The van der Waals surface area contributed by atoms with Crippen LogP contribution in [0.5, 0.6) is 0 Å². The number of hydrogen-bond donors (Lipinski definition) is 1. The van der Waals surface area contributed by atoms with Crippen LogP contribution >= 0.6 is 0 Å². The second-order valence-corrected chi connectivity index (χ2v) is 7.58. The molecule has 0 aromatic rings. The number of hydrogen-bond acceptors (Lipinski definition) is 5. The minimum absolute atomic E-state index is 0.149. The van der Waals surface area contributed by atoms with E-state index in [4.69, 9.17) is 9.47 Å². The summed E-state index contributed by atoms with van der Waals surface area (Å²) in [5.74, 6) is 0.155. The molecule has 138 valence electrons. The predicted molar refractivity (Wildman–Crippen MR) is 93.1 cm³/mol. The van der Waals surface area contributed by atoms with Crippen molar-refractivity contribution in [1.29, 1.82) is 0 Å². The number of carbonyl (C=O) groups excluding carboxylic acids is 1. The van der Waals surface area contributed by atoms with Crippen molar-refractivity contribution < 1.29 is 14.3 Å². The molecule has 2 aliphatic heterocycles. The van der Waals surface area contributed by atoms with Crippen molar-refractivity contribution >= 4 is 5.91 Å². The SMILES string of the molecule is CC1CN(CC(=O)NCC2(N3CCOCC3)CCCCC2)CCO1. The van der Waals surface area contributed by atoms with Crippen LogP contribution < -0.4 is 5.32 Å². The van der Waals surface area contributed by atoms with Gasteiger partial charge in [-0.3, -0.25) is 14.6 Å². The van der Waals surface area contributed by atoms with E-state index in [-0.39, 0.29) is 17.6 Å². The maximum atomic E-state index is 12.4. The molecule has 3 rings (SSSR count). The molecule has 0 bridgehead atoms. The summed E-state index contributed by atoms with van der Waals surface area (Å²) in [5.41, 5.74) is 0.149. The molecular weight excluding hydrogens is 306 g/mol. The quantitative estimate of drug-likeness (QED) is 0.805. The Kier molecular flexibility index (Phi) is 6.49. The Balaban J connectivity index is 1.52. The van der Waals surface area contributed by atoms with Crippen LogP contribution in [0.15, 0.2) is 0 Å². The van der Waals surface area contributed by atoms with Gasteiger partial charge in [0, 0.05) is 38.3 Å². The van der Waals surface area contributed by atoms with Crippen molar-refractivity contribution in [2.24, 2.45) is 0 Å². The third-order valence-corrected chi connectivity index (χ3v) is 5.77. The van der Waals surface area contributed by atoms with Crippen LogP contribution in [0.2, 0.25) is 0 Å². The monoisotopic (exact) mass is 339 g/mol. The molecule has 3 fully saturated rings. The van der Waals surface area contributed by atoms with Crippen molar-refractivity contribution in [1.82, 2.24) is 15.1 Å². The first-order valence-electron chi connectivity index (χ1n) is 9.61. The van der Waals surface area contributed by atoms with Gasteiger partial charge in [-0.25, -0.2) is 0 Å². The van der Waals surface area contributed by atoms with Crippen molar-refractivity contribution in [2.45, 2.75) is 50.7 Å². The minimum atomic E-state index is 0.149. The highest BCUT2D eigenvalue weighted by Gasteiger charge is 2.38. The van der Waals surface area contributed by atoms with E-state index in [2.05, 4.69) is 22.0 Å². The van der Waals surface area contributed by atoms with Gasteiger partial charge in [0.2, 0.25) is 5.91 Å². The van der Waals surface area contributed by atoms with E-state index >= 15 is 0 Å². The Morgan fingerprint density at radius 3 is 2.58 bits per heavy atom. The van der Waals surface area contributed by atoms with Crippen molar-refractivity contribution in [3.8, 4) is 0 Å². The Labute approximate surface area is 145 Å². The first-order valence-corrected chi connectivity index (χ1v) is 9.61. The van der Waals surface area contributed by atoms with Crippen LogP contribution in [-0.2, 0) is 14.3 Å². The number of morpholine rings is 2. The zero-order valence-electron chi connectivity index (χ0n) is 15.1. The summed E-state index contributed by atoms with van der Waals surface area (Å²) in [5, 5.41) is 3.25. The second-order valence-electron chi connectivity index (χ2n) is 7.58. The maximum Gasteiger partial charge on any atom is 0.234 e. The van der Waals surface area contributed by atoms with Gasteiger partial charge in [0.15, 0.2) is 0 Å². The summed E-state index contributed by atoms with van der Waals surface area (Å²) in [6.45, 7) is 9.41. The van der Waals surface area contributed by atoms with Crippen LogP contribution in [0.3, 0.4) is 0 Å². The lowest BCUT2D eigenvalue weighted by Crippen LogP contribution is -2.60. The average molecular weight is 339 g/mol. The number of carbonyl (C=O) groups is 1. The van der Waals surface area contributed by atoms with Gasteiger partial charge in [-0.1, -0.05) is 19.3 Å². The van der Waals surface area contributed by atoms with Crippen LogP contribution in [0.1, 0.15) is 39.0 Å². The van der Waals surface area contributed by atoms with E-state index in [9.17, 15) is 4.79 Å². The Morgan fingerprint density at radius 1 is 1.12 bits per heavy atom. The van der Waals surface area contributed by atoms with Crippen LogP contribution in [-0.4, -0.2) is 86.4 Å². The van der Waals surface area contributed by atoms with Gasteiger partial charge in [0.25, 0.3) is 0 Å². The maximum absolute atomic E-state index is 12.4.